The summed E-state index contributed by atoms with van der Waals surface area (Å²) in [5.41, 5.74) is 1.67. The number of nitrogens with one attached hydrogen (secondary N) is 1. The van der Waals surface area contributed by atoms with Gasteiger partial charge in [-0.25, -0.2) is 0 Å². The smallest absolute Gasteiger partial charge is 0.251 e. The number of hydrogen-bond donors (Lipinski definition) is 1. The Hall–Kier alpha value is -2.22. The first-order valence-corrected chi connectivity index (χ1v) is 11.9. The van der Waals surface area contributed by atoms with Crippen molar-refractivity contribution in [1.29, 1.82) is 0 Å². The zero-order valence-corrected chi connectivity index (χ0v) is 18.8. The summed E-state index contributed by atoms with van der Waals surface area (Å²) in [6.07, 6.45) is 1.09. The van der Waals surface area contributed by atoms with Crippen LogP contribution in [0.2, 0.25) is 0 Å². The molecule has 166 valence electrons. The third kappa shape index (κ3) is 5.34. The lowest BCUT2D eigenvalue weighted by molar-refractivity contribution is -0.0129. The van der Waals surface area contributed by atoms with Crippen molar-refractivity contribution in [2.45, 2.75) is 18.6 Å². The van der Waals surface area contributed by atoms with E-state index in [0.29, 0.717) is 30.2 Å². The number of thioether (sulfide) groups is 1. The molecule has 0 radical (unpaired) electrons. The van der Waals surface area contributed by atoms with Crippen LogP contribution < -0.4 is 14.8 Å². The molecule has 2 fully saturated rings. The molecule has 0 aliphatic carbocycles. The van der Waals surface area contributed by atoms with E-state index >= 15 is 0 Å². The lowest BCUT2D eigenvalue weighted by atomic mass is 9.95. The highest BCUT2D eigenvalue weighted by molar-refractivity contribution is 7.99. The van der Waals surface area contributed by atoms with Crippen molar-refractivity contribution in [2.24, 2.45) is 0 Å². The molecule has 1 unspecified atom stereocenters. The molecule has 6 nitrogen and oxygen atoms in total. The number of amides is 1. The molecule has 7 heteroatoms. The summed E-state index contributed by atoms with van der Waals surface area (Å²) < 4.78 is 16.9. The lowest BCUT2D eigenvalue weighted by Gasteiger charge is -2.43. The predicted molar refractivity (Wildman–Crippen MR) is 123 cm³/mol. The first-order chi connectivity index (χ1) is 15.2. The summed E-state index contributed by atoms with van der Waals surface area (Å²) in [6.45, 7) is 4.48. The summed E-state index contributed by atoms with van der Waals surface area (Å²) in [6, 6.07) is 15.3. The number of methoxy groups -OCH3 is 1. The Morgan fingerprint density at radius 3 is 2.68 bits per heavy atom. The second-order valence-electron chi connectivity index (χ2n) is 7.95. The van der Waals surface area contributed by atoms with Gasteiger partial charge in [0.1, 0.15) is 6.61 Å². The second-order valence-corrected chi connectivity index (χ2v) is 9.05. The van der Waals surface area contributed by atoms with Crippen LogP contribution >= 0.6 is 11.8 Å². The summed E-state index contributed by atoms with van der Waals surface area (Å²) in [5.74, 6) is 3.28. The maximum absolute atomic E-state index is 12.9. The minimum Gasteiger partial charge on any atom is -0.493 e. The van der Waals surface area contributed by atoms with Gasteiger partial charge in [0.15, 0.2) is 11.5 Å². The molecule has 31 heavy (non-hydrogen) atoms. The maximum atomic E-state index is 12.9. The maximum Gasteiger partial charge on any atom is 0.251 e. The van der Waals surface area contributed by atoms with Crippen LogP contribution in [0.3, 0.4) is 0 Å². The van der Waals surface area contributed by atoms with Gasteiger partial charge in [-0.2, -0.15) is 11.8 Å². The standard InChI is InChI=1S/C24H30N2O4S/c1-28-22-15-20(7-8-21(22)30-16-19-5-3-2-4-6-19)23(27)25-17-24(9-14-31-18-24)26-10-12-29-13-11-26/h2-8,15H,9-14,16-18H2,1H3,(H,25,27). The number of ether oxygens (including phenoxy) is 3. The number of hydrogen-bond acceptors (Lipinski definition) is 6. The van der Waals surface area contributed by atoms with Gasteiger partial charge in [-0.05, 0) is 35.9 Å². The van der Waals surface area contributed by atoms with E-state index in [9.17, 15) is 4.79 Å². The van der Waals surface area contributed by atoms with Gasteiger partial charge in [0.2, 0.25) is 0 Å². The normalized spacial score (nSPS) is 21.6. The summed E-state index contributed by atoms with van der Waals surface area (Å²) in [7, 11) is 1.59. The molecule has 2 heterocycles. The molecule has 2 aliphatic heterocycles. The van der Waals surface area contributed by atoms with Crippen LogP contribution in [0.25, 0.3) is 0 Å². The van der Waals surface area contributed by atoms with E-state index in [1.807, 2.05) is 42.1 Å². The van der Waals surface area contributed by atoms with Crippen LogP contribution in [0.5, 0.6) is 11.5 Å². The molecule has 0 aromatic heterocycles. The monoisotopic (exact) mass is 442 g/mol. The SMILES string of the molecule is COc1cc(C(=O)NCC2(N3CCOCC3)CCSC2)ccc1OCc1ccccc1. The highest BCUT2D eigenvalue weighted by Crippen LogP contribution is 2.34. The third-order valence-corrected chi connectivity index (χ3v) is 7.24. The number of morpholine rings is 1. The van der Waals surface area contributed by atoms with Crippen molar-refractivity contribution in [3.8, 4) is 11.5 Å². The van der Waals surface area contributed by atoms with Gasteiger partial charge in [0.25, 0.3) is 5.91 Å². The molecule has 0 spiro atoms. The molecular formula is C24H30N2O4S. The fraction of sp³-hybridized carbons (Fsp3) is 0.458. The first kappa shape index (κ1) is 22.0. The topological polar surface area (TPSA) is 60.0 Å². The minimum absolute atomic E-state index is 0.0208. The highest BCUT2D eigenvalue weighted by atomic mass is 32.2. The van der Waals surface area contributed by atoms with Gasteiger partial charge >= 0.3 is 0 Å². The second kappa shape index (κ2) is 10.4. The van der Waals surface area contributed by atoms with Crippen LogP contribution in [0.1, 0.15) is 22.3 Å². The zero-order valence-electron chi connectivity index (χ0n) is 18.0. The van der Waals surface area contributed by atoms with E-state index in [4.69, 9.17) is 14.2 Å². The van der Waals surface area contributed by atoms with E-state index in [1.54, 1.807) is 25.3 Å². The Morgan fingerprint density at radius 2 is 1.97 bits per heavy atom. The predicted octanol–water partition coefficient (Wildman–Crippen LogP) is 3.21. The van der Waals surface area contributed by atoms with Gasteiger partial charge in [0.05, 0.1) is 20.3 Å². The lowest BCUT2D eigenvalue weighted by Crippen LogP contribution is -2.59. The van der Waals surface area contributed by atoms with E-state index < -0.39 is 0 Å². The zero-order chi connectivity index (χ0) is 21.5. The molecular weight excluding hydrogens is 412 g/mol. The molecule has 0 saturated carbocycles. The van der Waals surface area contributed by atoms with Crippen LogP contribution in [-0.4, -0.2) is 67.8 Å². The van der Waals surface area contributed by atoms with Gasteiger partial charge < -0.3 is 19.5 Å². The molecule has 1 N–H and O–H groups in total. The number of benzene rings is 2. The highest BCUT2D eigenvalue weighted by Gasteiger charge is 2.40. The molecule has 4 rings (SSSR count). The van der Waals surface area contributed by atoms with Crippen molar-refractivity contribution in [3.63, 3.8) is 0 Å². The Kier molecular flexibility index (Phi) is 7.37. The minimum atomic E-state index is -0.0857. The Labute approximate surface area is 188 Å². The Morgan fingerprint density at radius 1 is 1.16 bits per heavy atom. The van der Waals surface area contributed by atoms with Crippen molar-refractivity contribution in [2.75, 3.05) is 51.5 Å². The van der Waals surface area contributed by atoms with Crippen molar-refractivity contribution in [1.82, 2.24) is 10.2 Å². The molecule has 2 aromatic rings. The summed E-state index contributed by atoms with van der Waals surface area (Å²) in [5, 5.41) is 3.18. The van der Waals surface area contributed by atoms with Gasteiger partial charge in [-0.15, -0.1) is 0 Å². The fourth-order valence-electron chi connectivity index (χ4n) is 4.15. The quantitative estimate of drug-likeness (QED) is 0.678. The van der Waals surface area contributed by atoms with Gasteiger partial charge in [-0.1, -0.05) is 30.3 Å². The first-order valence-electron chi connectivity index (χ1n) is 10.7. The van der Waals surface area contributed by atoms with E-state index in [0.717, 1.165) is 49.8 Å². The van der Waals surface area contributed by atoms with E-state index in [1.165, 1.54) is 0 Å². The average molecular weight is 443 g/mol. The molecule has 2 aromatic carbocycles. The fourth-order valence-corrected chi connectivity index (χ4v) is 5.62. The van der Waals surface area contributed by atoms with Gasteiger partial charge in [0, 0.05) is 36.5 Å². The van der Waals surface area contributed by atoms with Crippen LogP contribution in [0, 0.1) is 0 Å². The number of carbonyl (C=O) groups is 1. The third-order valence-electron chi connectivity index (χ3n) is 6.01. The van der Waals surface area contributed by atoms with Crippen LogP contribution in [0.15, 0.2) is 48.5 Å². The van der Waals surface area contributed by atoms with Crippen molar-refractivity contribution < 1.29 is 19.0 Å². The van der Waals surface area contributed by atoms with Gasteiger partial charge in [-0.3, -0.25) is 9.69 Å². The van der Waals surface area contributed by atoms with Crippen LogP contribution in [0.4, 0.5) is 0 Å². The molecule has 1 amide bonds. The molecule has 2 saturated heterocycles. The number of carbonyl (C=O) groups excluding carboxylic acids is 1. The summed E-state index contributed by atoms with van der Waals surface area (Å²) >= 11 is 1.96. The number of nitrogens with zero attached hydrogens (tertiary/aromatic N) is 1. The molecule has 2 aliphatic rings. The largest absolute Gasteiger partial charge is 0.493 e. The van der Waals surface area contributed by atoms with E-state index in [2.05, 4.69) is 10.2 Å². The molecule has 1 atom stereocenters. The molecule has 0 bridgehead atoms. The Bertz CT molecular complexity index is 865. The Balaban J connectivity index is 1.39. The summed E-state index contributed by atoms with van der Waals surface area (Å²) in [4.78, 5) is 15.4. The van der Waals surface area contributed by atoms with Crippen LogP contribution in [-0.2, 0) is 11.3 Å². The van der Waals surface area contributed by atoms with E-state index in [-0.39, 0.29) is 11.4 Å². The van der Waals surface area contributed by atoms with Crippen molar-refractivity contribution in [3.05, 3.63) is 59.7 Å². The number of rotatable bonds is 8. The average Bonchev–Trinajstić information content (AvgIpc) is 3.32. The van der Waals surface area contributed by atoms with Crippen molar-refractivity contribution >= 4 is 17.7 Å².